The van der Waals surface area contributed by atoms with Gasteiger partial charge in [-0.2, -0.15) is 0 Å². The number of allylic oxidation sites excluding steroid dienone is 1. The van der Waals surface area contributed by atoms with Crippen LogP contribution in [0.2, 0.25) is 0 Å². The van der Waals surface area contributed by atoms with Crippen molar-refractivity contribution in [3.63, 3.8) is 0 Å². The number of hydrogen-bond donors (Lipinski definition) is 0. The van der Waals surface area contributed by atoms with E-state index in [1.807, 2.05) is 0 Å². The lowest BCUT2D eigenvalue weighted by Gasteiger charge is -2.22. The molecule has 0 spiro atoms. The second-order valence-corrected chi connectivity index (χ2v) is 17.8. The van der Waals surface area contributed by atoms with Gasteiger partial charge in [-0.15, -0.1) is 22.7 Å². The molecule has 2 aromatic heterocycles. The number of fused-ring (bicyclic) bond motifs is 6. The zero-order chi connectivity index (χ0) is 39.0. The van der Waals surface area contributed by atoms with E-state index in [9.17, 15) is 0 Å². The summed E-state index contributed by atoms with van der Waals surface area (Å²) in [5, 5.41) is 12.1. The quantitative estimate of drug-likeness (QED) is 0.162. The molecule has 0 bridgehead atoms. The van der Waals surface area contributed by atoms with Crippen LogP contribution in [0.5, 0.6) is 0 Å². The number of benzene rings is 9. The van der Waals surface area contributed by atoms with Gasteiger partial charge in [0.05, 0.1) is 20.8 Å². The van der Waals surface area contributed by atoms with Crippen molar-refractivity contribution in [1.29, 1.82) is 0 Å². The SMILES string of the molecule is CC1C=Cc2sc(-c3cccc(-c4c5ccccc5c(-c5c6ccccc6c(-c6cccc(-c7nc8ccccc8s7)c6)c6ccccc56)c5ccccc45)c3)nc2C1. The molecule has 0 saturated carbocycles. The fourth-order valence-electron chi connectivity index (χ4n) is 9.42. The minimum absolute atomic E-state index is 0.520. The predicted octanol–water partition coefficient (Wildman–Crippen LogP) is 15.9. The Bertz CT molecular complexity index is 3370. The van der Waals surface area contributed by atoms with E-state index in [0.717, 1.165) is 27.5 Å². The van der Waals surface area contributed by atoms with Crippen molar-refractivity contribution in [2.75, 3.05) is 0 Å². The minimum atomic E-state index is 0.520. The normalized spacial score (nSPS) is 13.9. The highest BCUT2D eigenvalue weighted by molar-refractivity contribution is 7.21. The molecule has 0 radical (unpaired) electrons. The Morgan fingerprint density at radius 2 is 0.847 bits per heavy atom. The smallest absolute Gasteiger partial charge is 0.124 e. The largest absolute Gasteiger partial charge is 0.240 e. The third-order valence-corrected chi connectivity index (χ3v) is 14.2. The van der Waals surface area contributed by atoms with Gasteiger partial charge in [0.2, 0.25) is 0 Å². The van der Waals surface area contributed by atoms with E-state index in [-0.39, 0.29) is 0 Å². The van der Waals surface area contributed by atoms with E-state index >= 15 is 0 Å². The molecule has 2 heterocycles. The van der Waals surface area contributed by atoms with Gasteiger partial charge in [-0.05, 0) is 119 Å². The summed E-state index contributed by atoms with van der Waals surface area (Å²) in [4.78, 5) is 11.5. The van der Waals surface area contributed by atoms with E-state index in [1.165, 1.54) is 97.3 Å². The molecule has 4 heteroatoms. The van der Waals surface area contributed by atoms with Crippen molar-refractivity contribution < 1.29 is 0 Å². The molecule has 9 aromatic carbocycles. The van der Waals surface area contributed by atoms with Gasteiger partial charge in [0.1, 0.15) is 10.0 Å². The molecule has 0 amide bonds. The van der Waals surface area contributed by atoms with Crippen LogP contribution in [0.4, 0.5) is 0 Å². The van der Waals surface area contributed by atoms with Gasteiger partial charge in [0, 0.05) is 11.1 Å². The zero-order valence-electron chi connectivity index (χ0n) is 32.3. The molecule has 1 aliphatic carbocycles. The molecule has 0 saturated heterocycles. The summed E-state index contributed by atoms with van der Waals surface area (Å²) in [5.41, 5.74) is 12.0. The Morgan fingerprint density at radius 3 is 1.34 bits per heavy atom. The minimum Gasteiger partial charge on any atom is -0.240 e. The van der Waals surface area contributed by atoms with Crippen LogP contribution in [-0.4, -0.2) is 9.97 Å². The van der Waals surface area contributed by atoms with Crippen molar-refractivity contribution >= 4 is 82.1 Å². The van der Waals surface area contributed by atoms with Gasteiger partial charge < -0.3 is 0 Å². The van der Waals surface area contributed by atoms with E-state index in [2.05, 4.69) is 189 Å². The molecule has 0 aliphatic heterocycles. The number of rotatable bonds is 5. The summed E-state index contributed by atoms with van der Waals surface area (Å²) in [7, 11) is 0. The highest BCUT2D eigenvalue weighted by Crippen LogP contribution is 2.50. The Kier molecular flexibility index (Phi) is 7.97. The maximum atomic E-state index is 5.17. The second-order valence-electron chi connectivity index (χ2n) is 15.7. The summed E-state index contributed by atoms with van der Waals surface area (Å²) in [6.45, 7) is 2.27. The number of para-hydroxylation sites is 1. The van der Waals surface area contributed by atoms with Gasteiger partial charge in [-0.3, -0.25) is 0 Å². The lowest BCUT2D eigenvalue weighted by atomic mass is 9.81. The summed E-state index contributed by atoms with van der Waals surface area (Å²) in [5.74, 6) is 0.520. The Hall–Kier alpha value is -6.72. The average molecular weight is 789 g/mol. The van der Waals surface area contributed by atoms with E-state index in [0.29, 0.717) is 5.92 Å². The van der Waals surface area contributed by atoms with Gasteiger partial charge in [0.15, 0.2) is 0 Å². The standard InChI is InChI=1S/C55H36N2S2/c1-33-28-29-49-47(30-33)57-55(59-49)37-17-13-15-35(32-37)51-40-20-4-8-24-44(40)53(45-25-9-5-21-41(45)51)52-42-22-6-2-18-38(42)50(39-19-3-7-23-43(39)52)34-14-12-16-36(31-34)54-56-46-26-10-11-27-48(46)58-54/h2-29,31-33H,30H2,1H3. The fourth-order valence-corrected chi connectivity index (χ4v) is 11.4. The van der Waals surface area contributed by atoms with Crippen molar-refractivity contribution in [3.05, 3.63) is 187 Å². The lowest BCUT2D eigenvalue weighted by Crippen LogP contribution is -2.01. The number of nitrogens with zero attached hydrogens (tertiary/aromatic N) is 2. The molecule has 1 unspecified atom stereocenters. The Balaban J connectivity index is 1.10. The summed E-state index contributed by atoms with van der Waals surface area (Å²) < 4.78 is 1.21. The third-order valence-electron chi connectivity index (χ3n) is 12.0. The van der Waals surface area contributed by atoms with E-state index in [1.54, 1.807) is 22.7 Å². The van der Waals surface area contributed by atoms with Gasteiger partial charge in [-0.25, -0.2) is 9.97 Å². The summed E-state index contributed by atoms with van der Waals surface area (Å²) in [6, 6.07) is 62.5. The van der Waals surface area contributed by atoms with Crippen LogP contribution in [-0.2, 0) is 6.42 Å². The van der Waals surface area contributed by atoms with Crippen LogP contribution >= 0.6 is 22.7 Å². The molecule has 12 rings (SSSR count). The first-order chi connectivity index (χ1) is 29.2. The molecular weight excluding hydrogens is 753 g/mol. The highest BCUT2D eigenvalue weighted by Gasteiger charge is 2.23. The molecule has 278 valence electrons. The summed E-state index contributed by atoms with van der Waals surface area (Å²) >= 11 is 3.55. The molecule has 0 N–H and O–H groups in total. The topological polar surface area (TPSA) is 25.8 Å². The first kappa shape index (κ1) is 34.3. The first-order valence-corrected chi connectivity index (χ1v) is 21.9. The van der Waals surface area contributed by atoms with Crippen LogP contribution < -0.4 is 0 Å². The van der Waals surface area contributed by atoms with Crippen molar-refractivity contribution in [2.24, 2.45) is 5.92 Å². The third kappa shape index (κ3) is 5.59. The Labute approximate surface area is 350 Å². The van der Waals surface area contributed by atoms with E-state index < -0.39 is 0 Å². The number of hydrogen-bond acceptors (Lipinski definition) is 4. The van der Waals surface area contributed by atoms with Crippen LogP contribution in [0.3, 0.4) is 0 Å². The molecule has 1 aliphatic rings. The monoisotopic (exact) mass is 788 g/mol. The molecule has 11 aromatic rings. The highest BCUT2D eigenvalue weighted by atomic mass is 32.1. The molecule has 0 fully saturated rings. The first-order valence-electron chi connectivity index (χ1n) is 20.3. The molecule has 1 atom stereocenters. The molecule has 59 heavy (non-hydrogen) atoms. The van der Waals surface area contributed by atoms with E-state index in [4.69, 9.17) is 9.97 Å². The molecule has 2 nitrogen and oxygen atoms in total. The van der Waals surface area contributed by atoms with Crippen LogP contribution in [0.15, 0.2) is 176 Å². The van der Waals surface area contributed by atoms with Gasteiger partial charge >= 0.3 is 0 Å². The second kappa shape index (κ2) is 13.7. The van der Waals surface area contributed by atoms with Crippen LogP contribution in [0, 0.1) is 5.92 Å². The van der Waals surface area contributed by atoms with Crippen molar-refractivity contribution in [3.8, 4) is 54.5 Å². The average Bonchev–Trinajstić information content (AvgIpc) is 3.93. The maximum Gasteiger partial charge on any atom is 0.124 e. The van der Waals surface area contributed by atoms with Crippen molar-refractivity contribution in [2.45, 2.75) is 13.3 Å². The van der Waals surface area contributed by atoms with Gasteiger partial charge in [0.25, 0.3) is 0 Å². The van der Waals surface area contributed by atoms with Crippen LogP contribution in [0.25, 0.3) is 114 Å². The number of thiazole rings is 2. The Morgan fingerprint density at radius 1 is 0.424 bits per heavy atom. The predicted molar refractivity (Wildman–Crippen MR) is 254 cm³/mol. The lowest BCUT2D eigenvalue weighted by molar-refractivity contribution is 0.705. The summed E-state index contributed by atoms with van der Waals surface area (Å²) in [6.07, 6.45) is 5.57. The van der Waals surface area contributed by atoms with Gasteiger partial charge in [-0.1, -0.05) is 159 Å². The molecular formula is C55H36N2S2. The van der Waals surface area contributed by atoms with Crippen LogP contribution in [0.1, 0.15) is 17.5 Å². The fraction of sp³-hybridized carbons (Fsp3) is 0.0545. The number of aromatic nitrogens is 2. The maximum absolute atomic E-state index is 5.17. The zero-order valence-corrected chi connectivity index (χ0v) is 33.9. The van der Waals surface area contributed by atoms with Crippen molar-refractivity contribution in [1.82, 2.24) is 9.97 Å².